The fraction of sp³-hybridized carbons (Fsp3) is 0.536. The highest BCUT2D eigenvalue weighted by atomic mass is 16.3. The Morgan fingerprint density at radius 3 is 2.66 bits per heavy atom. The van der Waals surface area contributed by atoms with Crippen molar-refractivity contribution in [3.8, 4) is 0 Å². The van der Waals surface area contributed by atoms with Crippen LogP contribution in [0.5, 0.6) is 0 Å². The SMILES string of the molecule is CN[C@@]12CC(O)C[C@@H]1CN(c1cccn3nc(Nc4ccc(C(=O)N(C)C5CCN(C)CC5)cc4)nc13)C2. The first-order chi connectivity index (χ1) is 18.3. The third-order valence-electron chi connectivity index (χ3n) is 8.98. The van der Waals surface area contributed by atoms with Crippen LogP contribution in [0.4, 0.5) is 17.3 Å². The number of likely N-dealkylation sites (N-methyl/N-ethyl adjacent to an activating group) is 1. The summed E-state index contributed by atoms with van der Waals surface area (Å²) in [6.07, 6.45) is 5.30. The van der Waals surface area contributed by atoms with Crippen molar-refractivity contribution in [2.24, 2.45) is 5.92 Å². The maximum atomic E-state index is 13.1. The molecule has 6 rings (SSSR count). The Kier molecular flexibility index (Phi) is 6.49. The molecule has 1 aromatic carbocycles. The lowest BCUT2D eigenvalue weighted by Gasteiger charge is -2.35. The smallest absolute Gasteiger partial charge is 0.253 e. The molecule has 1 aliphatic carbocycles. The zero-order valence-electron chi connectivity index (χ0n) is 22.5. The summed E-state index contributed by atoms with van der Waals surface area (Å²) in [6.45, 7) is 3.77. The summed E-state index contributed by atoms with van der Waals surface area (Å²) in [5.74, 6) is 0.977. The Balaban J connectivity index is 1.15. The molecule has 3 aliphatic rings. The zero-order valence-corrected chi connectivity index (χ0v) is 22.5. The molecule has 3 N–H and O–H groups in total. The summed E-state index contributed by atoms with van der Waals surface area (Å²) in [7, 11) is 6.04. The van der Waals surface area contributed by atoms with Crippen LogP contribution in [0.3, 0.4) is 0 Å². The van der Waals surface area contributed by atoms with Crippen LogP contribution >= 0.6 is 0 Å². The predicted octanol–water partition coefficient (Wildman–Crippen LogP) is 2.19. The van der Waals surface area contributed by atoms with E-state index in [0.717, 1.165) is 68.9 Å². The van der Waals surface area contributed by atoms with Crippen LogP contribution in [0.1, 0.15) is 36.0 Å². The first kappa shape index (κ1) is 25.1. The Hall–Kier alpha value is -3.21. The number of amides is 1. The lowest BCUT2D eigenvalue weighted by Crippen LogP contribution is -2.47. The number of nitrogens with zero attached hydrogens (tertiary/aromatic N) is 6. The maximum absolute atomic E-state index is 13.1. The van der Waals surface area contributed by atoms with Gasteiger partial charge in [0.2, 0.25) is 5.95 Å². The van der Waals surface area contributed by atoms with Crippen molar-refractivity contribution in [3.05, 3.63) is 48.2 Å². The molecule has 3 aromatic rings. The van der Waals surface area contributed by atoms with Crippen molar-refractivity contribution in [2.45, 2.75) is 43.4 Å². The Labute approximate surface area is 223 Å². The molecule has 1 saturated carbocycles. The number of nitrogens with one attached hydrogen (secondary N) is 2. The Bertz CT molecular complexity index is 1300. The van der Waals surface area contributed by atoms with Crippen LogP contribution in [0.2, 0.25) is 0 Å². The number of anilines is 3. The minimum Gasteiger partial charge on any atom is -0.393 e. The minimum atomic E-state index is -0.231. The average molecular weight is 519 g/mol. The van der Waals surface area contributed by atoms with E-state index >= 15 is 0 Å². The van der Waals surface area contributed by atoms with Gasteiger partial charge in [-0.15, -0.1) is 5.10 Å². The molecule has 0 spiro atoms. The van der Waals surface area contributed by atoms with Gasteiger partial charge in [-0.2, -0.15) is 4.98 Å². The number of piperidine rings is 1. The van der Waals surface area contributed by atoms with E-state index < -0.39 is 0 Å². The predicted molar refractivity (Wildman–Crippen MR) is 148 cm³/mol. The van der Waals surface area contributed by atoms with E-state index in [9.17, 15) is 9.90 Å². The van der Waals surface area contributed by atoms with Crippen LogP contribution in [-0.4, -0.2) is 100 Å². The summed E-state index contributed by atoms with van der Waals surface area (Å²) in [5.41, 5.74) is 3.30. The molecule has 3 atom stereocenters. The van der Waals surface area contributed by atoms with E-state index in [2.05, 4.69) is 38.6 Å². The molecule has 202 valence electrons. The molecular formula is C28H38N8O2. The molecule has 3 fully saturated rings. The van der Waals surface area contributed by atoms with Gasteiger partial charge < -0.3 is 30.4 Å². The van der Waals surface area contributed by atoms with Gasteiger partial charge in [0.05, 0.1) is 11.8 Å². The first-order valence-electron chi connectivity index (χ1n) is 13.7. The number of rotatable bonds is 6. The van der Waals surface area contributed by atoms with Gasteiger partial charge >= 0.3 is 0 Å². The molecular weight excluding hydrogens is 480 g/mol. The van der Waals surface area contributed by atoms with Crippen LogP contribution < -0.4 is 15.5 Å². The number of pyridine rings is 1. The number of likely N-dealkylation sites (tertiary alicyclic amines) is 1. The second kappa shape index (κ2) is 9.83. The quantitative estimate of drug-likeness (QED) is 0.457. The van der Waals surface area contributed by atoms with E-state index in [-0.39, 0.29) is 23.6 Å². The molecule has 0 bridgehead atoms. The number of hydrogen-bond donors (Lipinski definition) is 3. The Morgan fingerprint density at radius 2 is 1.95 bits per heavy atom. The van der Waals surface area contributed by atoms with Crippen molar-refractivity contribution in [1.29, 1.82) is 0 Å². The summed E-state index contributed by atoms with van der Waals surface area (Å²) in [6, 6.07) is 11.9. The summed E-state index contributed by atoms with van der Waals surface area (Å²) >= 11 is 0. The van der Waals surface area contributed by atoms with Gasteiger partial charge in [0.15, 0.2) is 5.65 Å². The third-order valence-corrected chi connectivity index (χ3v) is 8.98. The average Bonchev–Trinajstić information content (AvgIpc) is 3.58. The van der Waals surface area contributed by atoms with Crippen LogP contribution in [0.25, 0.3) is 5.65 Å². The van der Waals surface area contributed by atoms with E-state index in [1.54, 1.807) is 4.52 Å². The molecule has 4 heterocycles. The molecule has 1 unspecified atom stereocenters. The number of aliphatic hydroxyl groups excluding tert-OH is 1. The largest absolute Gasteiger partial charge is 0.393 e. The van der Waals surface area contributed by atoms with Crippen LogP contribution in [0, 0.1) is 5.92 Å². The summed E-state index contributed by atoms with van der Waals surface area (Å²) in [5, 5.41) is 21.7. The third kappa shape index (κ3) is 4.50. The number of aromatic nitrogens is 3. The second-order valence-electron chi connectivity index (χ2n) is 11.3. The molecule has 2 aliphatic heterocycles. The monoisotopic (exact) mass is 518 g/mol. The minimum absolute atomic E-state index is 0.0591. The highest BCUT2D eigenvalue weighted by molar-refractivity contribution is 5.94. The molecule has 2 aromatic heterocycles. The van der Waals surface area contributed by atoms with Crippen molar-refractivity contribution in [1.82, 2.24) is 29.7 Å². The molecule has 38 heavy (non-hydrogen) atoms. The number of carbonyl (C=O) groups excluding carboxylic acids is 1. The van der Waals surface area contributed by atoms with E-state index in [4.69, 9.17) is 4.98 Å². The first-order valence-corrected chi connectivity index (χ1v) is 13.7. The van der Waals surface area contributed by atoms with Crippen LogP contribution in [-0.2, 0) is 0 Å². The molecule has 2 saturated heterocycles. The fourth-order valence-electron chi connectivity index (χ4n) is 6.68. The van der Waals surface area contributed by atoms with Gasteiger partial charge in [-0.05, 0) is 95.2 Å². The maximum Gasteiger partial charge on any atom is 0.253 e. The molecule has 1 amide bonds. The number of carbonyl (C=O) groups is 1. The standard InChI is InChI=1S/C28H38N8O2/c1-29-28-16-23(37)15-20(28)17-35(18-28)24-5-4-12-36-25(24)31-27(32-36)30-21-8-6-19(7-9-21)26(38)34(3)22-10-13-33(2)14-11-22/h4-9,12,20,22-23,29,37H,10-11,13-18H2,1-3H3,(H,30,32)/t20-,23?,28-/m1/s1. The van der Waals surface area contributed by atoms with Crippen molar-refractivity contribution in [3.63, 3.8) is 0 Å². The molecule has 10 heteroatoms. The number of benzene rings is 1. The highest BCUT2D eigenvalue weighted by Crippen LogP contribution is 2.43. The van der Waals surface area contributed by atoms with E-state index in [1.807, 2.05) is 55.5 Å². The van der Waals surface area contributed by atoms with Gasteiger partial charge in [0, 0.05) is 49.2 Å². The lowest BCUT2D eigenvalue weighted by molar-refractivity contribution is 0.0659. The fourth-order valence-corrected chi connectivity index (χ4v) is 6.68. The lowest BCUT2D eigenvalue weighted by atomic mass is 9.91. The van der Waals surface area contributed by atoms with Gasteiger partial charge in [0.25, 0.3) is 5.91 Å². The summed E-state index contributed by atoms with van der Waals surface area (Å²) < 4.78 is 1.81. The van der Waals surface area contributed by atoms with E-state index in [0.29, 0.717) is 17.4 Å². The number of fused-ring (bicyclic) bond motifs is 2. The molecule has 10 nitrogen and oxygen atoms in total. The van der Waals surface area contributed by atoms with E-state index in [1.165, 1.54) is 0 Å². The van der Waals surface area contributed by atoms with Crippen molar-refractivity contribution in [2.75, 3.05) is 57.5 Å². The topological polar surface area (TPSA) is 101 Å². The van der Waals surface area contributed by atoms with Crippen molar-refractivity contribution < 1.29 is 9.90 Å². The van der Waals surface area contributed by atoms with Crippen molar-refractivity contribution >= 4 is 28.9 Å². The second-order valence-corrected chi connectivity index (χ2v) is 11.3. The van der Waals surface area contributed by atoms with Gasteiger partial charge in [-0.3, -0.25) is 4.79 Å². The highest BCUT2D eigenvalue weighted by Gasteiger charge is 2.52. The summed E-state index contributed by atoms with van der Waals surface area (Å²) in [4.78, 5) is 24.4. The zero-order chi connectivity index (χ0) is 26.4. The van der Waals surface area contributed by atoms with Gasteiger partial charge in [-0.1, -0.05) is 0 Å². The number of aliphatic hydroxyl groups is 1. The van der Waals surface area contributed by atoms with Gasteiger partial charge in [-0.25, -0.2) is 4.52 Å². The van der Waals surface area contributed by atoms with Crippen LogP contribution in [0.15, 0.2) is 42.6 Å². The van der Waals surface area contributed by atoms with Gasteiger partial charge in [0.1, 0.15) is 0 Å². The molecule has 0 radical (unpaired) electrons. The Morgan fingerprint density at radius 1 is 1.18 bits per heavy atom. The normalized spacial score (nSPS) is 26.2. The number of hydrogen-bond acceptors (Lipinski definition) is 8.